The molecule has 7 heteroatoms. The van der Waals surface area contributed by atoms with E-state index in [1.807, 2.05) is 0 Å². The van der Waals surface area contributed by atoms with Crippen molar-refractivity contribution in [2.45, 2.75) is 19.3 Å². The van der Waals surface area contributed by atoms with Crippen LogP contribution >= 0.6 is 0 Å². The van der Waals surface area contributed by atoms with Crippen LogP contribution in [0.4, 0.5) is 0 Å². The fourth-order valence-electron chi connectivity index (χ4n) is 1.01. The predicted molar refractivity (Wildman–Crippen MR) is 57.0 cm³/mol. The number of nitrogens with zero attached hydrogens (tertiary/aromatic N) is 1. The predicted octanol–water partition coefficient (Wildman–Crippen LogP) is -0.538. The van der Waals surface area contributed by atoms with Gasteiger partial charge in [-0.3, -0.25) is 4.79 Å². The number of sulfonamides is 1. The lowest BCUT2D eigenvalue weighted by atomic mass is 10.3. The Hall–Kier alpha value is -0.660. The van der Waals surface area contributed by atoms with Crippen molar-refractivity contribution < 1.29 is 18.3 Å². The molecule has 3 N–H and O–H groups in total. The van der Waals surface area contributed by atoms with Crippen molar-refractivity contribution in [3.63, 3.8) is 0 Å². The third-order valence-corrected chi connectivity index (χ3v) is 3.88. The van der Waals surface area contributed by atoms with Gasteiger partial charge in [0.2, 0.25) is 10.0 Å². The highest BCUT2D eigenvalue weighted by Crippen LogP contribution is 2.03. The Morgan fingerprint density at radius 1 is 1.40 bits per heavy atom. The second-order valence-corrected chi connectivity index (χ2v) is 5.47. The highest BCUT2D eigenvalue weighted by atomic mass is 32.2. The summed E-state index contributed by atoms with van der Waals surface area (Å²) in [5, 5.41) is 8.37. The first kappa shape index (κ1) is 14.3. The minimum absolute atomic E-state index is 0.121. The summed E-state index contributed by atoms with van der Waals surface area (Å²) in [5.41, 5.74) is 5.26. The molecule has 0 heterocycles. The first-order valence-electron chi connectivity index (χ1n) is 4.76. The lowest BCUT2D eigenvalue weighted by Gasteiger charge is -2.16. The van der Waals surface area contributed by atoms with Crippen LogP contribution in [0.2, 0.25) is 0 Å². The number of aliphatic carboxylic acids is 1. The Labute approximate surface area is 90.1 Å². The molecule has 0 atom stereocenters. The minimum Gasteiger partial charge on any atom is -0.481 e. The van der Waals surface area contributed by atoms with Gasteiger partial charge in [-0.15, -0.1) is 0 Å². The molecule has 0 radical (unpaired) electrons. The summed E-state index contributed by atoms with van der Waals surface area (Å²) >= 11 is 0. The van der Waals surface area contributed by atoms with E-state index < -0.39 is 16.0 Å². The van der Waals surface area contributed by atoms with Crippen LogP contribution in [0.1, 0.15) is 19.3 Å². The van der Waals surface area contributed by atoms with E-state index in [0.29, 0.717) is 19.5 Å². The summed E-state index contributed by atoms with van der Waals surface area (Å²) in [4.78, 5) is 10.2. The molecule has 15 heavy (non-hydrogen) atoms. The fraction of sp³-hybridized carbons (Fsp3) is 0.875. The molecule has 0 aromatic heterocycles. The SMILES string of the molecule is CN(CCCN)S(=O)(=O)CCCC(=O)O. The Bertz CT molecular complexity index is 289. The van der Waals surface area contributed by atoms with E-state index in [0.717, 1.165) is 0 Å². The molecule has 0 rings (SSSR count). The van der Waals surface area contributed by atoms with Crippen LogP contribution in [0, 0.1) is 0 Å². The summed E-state index contributed by atoms with van der Waals surface area (Å²) in [6, 6.07) is 0. The molecular weight excluding hydrogens is 220 g/mol. The smallest absolute Gasteiger partial charge is 0.303 e. The number of rotatable bonds is 8. The van der Waals surface area contributed by atoms with E-state index in [1.165, 1.54) is 11.4 Å². The van der Waals surface area contributed by atoms with Gasteiger partial charge < -0.3 is 10.8 Å². The van der Waals surface area contributed by atoms with Gasteiger partial charge in [-0.05, 0) is 19.4 Å². The molecule has 0 unspecified atom stereocenters. The molecule has 0 aromatic carbocycles. The highest BCUT2D eigenvalue weighted by Gasteiger charge is 2.17. The largest absolute Gasteiger partial charge is 0.481 e. The fourth-order valence-corrected chi connectivity index (χ4v) is 2.24. The third-order valence-electron chi connectivity index (χ3n) is 1.94. The number of nitrogens with two attached hydrogens (primary N) is 1. The molecule has 0 saturated heterocycles. The maximum absolute atomic E-state index is 11.5. The molecule has 0 aliphatic carbocycles. The van der Waals surface area contributed by atoms with Crippen LogP contribution in [0.5, 0.6) is 0 Å². The molecule has 0 bridgehead atoms. The lowest BCUT2D eigenvalue weighted by molar-refractivity contribution is -0.137. The second kappa shape index (κ2) is 6.76. The van der Waals surface area contributed by atoms with Crippen molar-refractivity contribution in [3.05, 3.63) is 0 Å². The highest BCUT2D eigenvalue weighted by molar-refractivity contribution is 7.89. The monoisotopic (exact) mass is 238 g/mol. The van der Waals surface area contributed by atoms with Crippen LogP contribution in [0.3, 0.4) is 0 Å². The van der Waals surface area contributed by atoms with Gasteiger partial charge in [0, 0.05) is 20.0 Å². The molecular formula is C8H18N2O4S. The second-order valence-electron chi connectivity index (χ2n) is 3.28. The van der Waals surface area contributed by atoms with E-state index in [9.17, 15) is 13.2 Å². The van der Waals surface area contributed by atoms with Crippen molar-refractivity contribution in [2.24, 2.45) is 5.73 Å². The summed E-state index contributed by atoms with van der Waals surface area (Å²) in [7, 11) is -1.84. The van der Waals surface area contributed by atoms with Gasteiger partial charge in [0.1, 0.15) is 0 Å². The molecule has 0 spiro atoms. The van der Waals surface area contributed by atoms with Gasteiger partial charge >= 0.3 is 5.97 Å². The number of carbonyl (C=O) groups is 1. The van der Waals surface area contributed by atoms with Gasteiger partial charge in [-0.25, -0.2) is 12.7 Å². The van der Waals surface area contributed by atoms with Crippen molar-refractivity contribution >= 4 is 16.0 Å². The first-order valence-corrected chi connectivity index (χ1v) is 6.37. The molecule has 6 nitrogen and oxygen atoms in total. The quantitative estimate of drug-likeness (QED) is 0.591. The van der Waals surface area contributed by atoms with Gasteiger partial charge in [0.25, 0.3) is 0 Å². The Balaban J connectivity index is 4.00. The normalized spacial score (nSPS) is 11.9. The van der Waals surface area contributed by atoms with E-state index in [2.05, 4.69) is 0 Å². The maximum Gasteiger partial charge on any atom is 0.303 e. The Kier molecular flexibility index (Phi) is 6.46. The molecule has 0 aromatic rings. The topological polar surface area (TPSA) is 101 Å². The zero-order valence-electron chi connectivity index (χ0n) is 8.85. The van der Waals surface area contributed by atoms with Crippen LogP contribution in [-0.2, 0) is 14.8 Å². The van der Waals surface area contributed by atoms with Crippen molar-refractivity contribution in [1.29, 1.82) is 0 Å². The average Bonchev–Trinajstić information content (AvgIpc) is 2.13. The van der Waals surface area contributed by atoms with Gasteiger partial charge in [0.15, 0.2) is 0 Å². The summed E-state index contributed by atoms with van der Waals surface area (Å²) in [6.45, 7) is 0.820. The minimum atomic E-state index is -3.31. The first-order chi connectivity index (χ1) is 6.90. The van der Waals surface area contributed by atoms with Crippen LogP contribution in [0.25, 0.3) is 0 Å². The molecule has 0 amide bonds. The summed E-state index contributed by atoms with van der Waals surface area (Å²) in [5.74, 6) is -1.10. The lowest BCUT2D eigenvalue weighted by Crippen LogP contribution is -2.31. The standard InChI is InChI=1S/C8H18N2O4S/c1-10(6-3-5-9)15(13,14)7-2-4-8(11)12/h2-7,9H2,1H3,(H,11,12). The van der Waals surface area contributed by atoms with Crippen molar-refractivity contribution in [3.8, 4) is 0 Å². The maximum atomic E-state index is 11.5. The van der Waals surface area contributed by atoms with Crippen LogP contribution in [0.15, 0.2) is 0 Å². The van der Waals surface area contributed by atoms with Crippen molar-refractivity contribution in [1.82, 2.24) is 4.31 Å². The van der Waals surface area contributed by atoms with Crippen LogP contribution < -0.4 is 5.73 Å². The van der Waals surface area contributed by atoms with E-state index in [4.69, 9.17) is 10.8 Å². The zero-order valence-corrected chi connectivity index (χ0v) is 9.66. The van der Waals surface area contributed by atoms with Crippen LogP contribution in [-0.4, -0.2) is 49.7 Å². The van der Waals surface area contributed by atoms with Gasteiger partial charge in [-0.1, -0.05) is 0 Å². The summed E-state index contributed by atoms with van der Waals surface area (Å²) in [6.07, 6.45) is 0.628. The molecule has 0 aliphatic rings. The van der Waals surface area contributed by atoms with E-state index in [-0.39, 0.29) is 18.6 Å². The molecule has 0 saturated carbocycles. The molecule has 90 valence electrons. The Morgan fingerprint density at radius 3 is 2.47 bits per heavy atom. The number of carboxylic acids is 1. The number of carboxylic acid groups (broad SMARTS) is 1. The van der Waals surface area contributed by atoms with Crippen molar-refractivity contribution in [2.75, 3.05) is 25.9 Å². The van der Waals surface area contributed by atoms with E-state index >= 15 is 0 Å². The zero-order chi connectivity index (χ0) is 11.9. The molecule has 0 aliphatic heterocycles. The van der Waals surface area contributed by atoms with Gasteiger partial charge in [0.05, 0.1) is 5.75 Å². The summed E-state index contributed by atoms with van der Waals surface area (Å²) < 4.78 is 24.2. The Morgan fingerprint density at radius 2 is 2.00 bits per heavy atom. The van der Waals surface area contributed by atoms with Gasteiger partial charge in [-0.2, -0.15) is 0 Å². The van der Waals surface area contributed by atoms with E-state index in [1.54, 1.807) is 0 Å². The average molecular weight is 238 g/mol. The third kappa shape index (κ3) is 6.43. The number of hydrogen-bond donors (Lipinski definition) is 2. The molecule has 0 fully saturated rings. The number of hydrogen-bond acceptors (Lipinski definition) is 4.